The average molecular weight is 354 g/mol. The first kappa shape index (κ1) is 16.8. The summed E-state index contributed by atoms with van der Waals surface area (Å²) < 4.78 is 5.02. The van der Waals surface area contributed by atoms with Gasteiger partial charge in [-0.3, -0.25) is 9.59 Å². The summed E-state index contributed by atoms with van der Waals surface area (Å²) in [5, 5.41) is 7.02. The van der Waals surface area contributed by atoms with E-state index in [-0.39, 0.29) is 30.2 Å². The molecule has 2 aliphatic rings. The first-order chi connectivity index (χ1) is 12.6. The van der Waals surface area contributed by atoms with Gasteiger partial charge in [-0.1, -0.05) is 30.1 Å². The van der Waals surface area contributed by atoms with Crippen molar-refractivity contribution < 1.29 is 14.1 Å². The Bertz CT molecular complexity index is 826. The second kappa shape index (κ2) is 6.90. The number of amides is 2. The van der Waals surface area contributed by atoms with Crippen LogP contribution < -0.4 is 10.2 Å². The van der Waals surface area contributed by atoms with E-state index in [1.807, 2.05) is 24.3 Å². The molecule has 0 unspecified atom stereocenters. The van der Waals surface area contributed by atoms with Crippen LogP contribution in [0.4, 0.5) is 5.69 Å². The molecule has 7 heteroatoms. The van der Waals surface area contributed by atoms with Crippen LogP contribution in [-0.4, -0.2) is 34.5 Å². The number of benzene rings is 1. The number of hydrogen-bond donors (Lipinski definition) is 1. The highest BCUT2D eigenvalue weighted by Crippen LogP contribution is 2.29. The third-order valence-corrected chi connectivity index (χ3v) is 5.14. The van der Waals surface area contributed by atoms with E-state index < -0.39 is 0 Å². The summed E-state index contributed by atoms with van der Waals surface area (Å²) >= 11 is 0. The number of aromatic nitrogens is 2. The van der Waals surface area contributed by atoms with Gasteiger partial charge in [0.15, 0.2) is 0 Å². The van der Waals surface area contributed by atoms with Crippen molar-refractivity contribution in [2.75, 3.05) is 11.4 Å². The largest absolute Gasteiger partial charge is 0.353 e. The number of rotatable bonds is 4. The molecule has 0 bridgehead atoms. The molecule has 2 amide bonds. The van der Waals surface area contributed by atoms with Gasteiger partial charge in [-0.25, -0.2) is 0 Å². The first-order valence-electron chi connectivity index (χ1n) is 9.11. The monoisotopic (exact) mass is 354 g/mol. The molecule has 2 fully saturated rings. The van der Waals surface area contributed by atoms with Crippen LogP contribution in [0.25, 0.3) is 11.4 Å². The van der Waals surface area contributed by atoms with E-state index in [2.05, 4.69) is 15.5 Å². The van der Waals surface area contributed by atoms with Crippen LogP contribution in [0.1, 0.15) is 38.0 Å². The minimum absolute atomic E-state index is 0.00213. The van der Waals surface area contributed by atoms with Gasteiger partial charge in [-0.2, -0.15) is 4.98 Å². The topological polar surface area (TPSA) is 88.3 Å². The normalized spacial score (nSPS) is 20.7. The Hall–Kier alpha value is -2.70. The van der Waals surface area contributed by atoms with Gasteiger partial charge < -0.3 is 14.7 Å². The molecule has 7 nitrogen and oxygen atoms in total. The molecule has 1 atom stereocenters. The van der Waals surface area contributed by atoms with E-state index in [4.69, 9.17) is 4.52 Å². The highest BCUT2D eigenvalue weighted by molar-refractivity contribution is 6.00. The molecule has 2 heterocycles. The number of nitrogens with zero attached hydrogens (tertiary/aromatic N) is 3. The van der Waals surface area contributed by atoms with Crippen LogP contribution in [0.2, 0.25) is 0 Å². The number of anilines is 1. The lowest BCUT2D eigenvalue weighted by molar-refractivity contribution is -0.126. The third kappa shape index (κ3) is 3.34. The van der Waals surface area contributed by atoms with Crippen LogP contribution in [0, 0.1) is 12.8 Å². The molecular formula is C19H22N4O3. The zero-order chi connectivity index (χ0) is 18.1. The minimum atomic E-state index is -0.292. The molecule has 4 rings (SSSR count). The summed E-state index contributed by atoms with van der Waals surface area (Å²) in [5.41, 5.74) is 1.54. The maximum absolute atomic E-state index is 12.5. The predicted octanol–water partition coefficient (Wildman–Crippen LogP) is 2.46. The van der Waals surface area contributed by atoms with Crippen molar-refractivity contribution in [1.29, 1.82) is 0 Å². The molecular weight excluding hydrogens is 332 g/mol. The zero-order valence-corrected chi connectivity index (χ0v) is 14.8. The Morgan fingerprint density at radius 3 is 2.85 bits per heavy atom. The maximum atomic E-state index is 12.5. The standard InChI is InChI=1S/C19H22N4O3/c1-12-20-18(22-26-12)13-5-4-8-16(9-13)23-11-14(10-17(23)24)19(25)21-15-6-2-3-7-15/h4-5,8-9,14-15H,2-3,6-7,10-11H2,1H3,(H,21,25)/t14-/m0/s1. The van der Waals surface area contributed by atoms with E-state index in [1.165, 1.54) is 12.8 Å². The fraction of sp³-hybridized carbons (Fsp3) is 0.474. The molecule has 1 N–H and O–H groups in total. The molecule has 1 aliphatic heterocycles. The van der Waals surface area contributed by atoms with Crippen molar-refractivity contribution in [3.8, 4) is 11.4 Å². The van der Waals surface area contributed by atoms with Crippen LogP contribution in [-0.2, 0) is 9.59 Å². The molecule has 0 spiro atoms. The SMILES string of the molecule is Cc1nc(-c2cccc(N3C[C@@H](C(=O)NC4CCCC4)CC3=O)c2)no1. The Morgan fingerprint density at radius 2 is 2.12 bits per heavy atom. The Kier molecular flexibility index (Phi) is 4.44. The van der Waals surface area contributed by atoms with E-state index in [9.17, 15) is 9.59 Å². The number of nitrogens with one attached hydrogen (secondary N) is 1. The molecule has 1 aliphatic carbocycles. The second-order valence-electron chi connectivity index (χ2n) is 7.08. The van der Waals surface area contributed by atoms with Crippen molar-refractivity contribution in [2.24, 2.45) is 5.92 Å². The summed E-state index contributed by atoms with van der Waals surface area (Å²) in [6, 6.07) is 7.73. The number of carbonyl (C=O) groups excluding carboxylic acids is 2. The number of carbonyl (C=O) groups is 2. The number of aryl methyl sites for hydroxylation is 1. The highest BCUT2D eigenvalue weighted by Gasteiger charge is 2.36. The van der Waals surface area contributed by atoms with Gasteiger partial charge in [-0.05, 0) is 25.0 Å². The highest BCUT2D eigenvalue weighted by atomic mass is 16.5. The van der Waals surface area contributed by atoms with Gasteiger partial charge in [0.2, 0.25) is 23.5 Å². The lowest BCUT2D eigenvalue weighted by Crippen LogP contribution is -2.38. The van der Waals surface area contributed by atoms with Crippen molar-refractivity contribution in [1.82, 2.24) is 15.5 Å². The lowest BCUT2D eigenvalue weighted by Gasteiger charge is -2.18. The molecule has 1 saturated heterocycles. The fourth-order valence-corrected chi connectivity index (χ4v) is 3.75. The summed E-state index contributed by atoms with van der Waals surface area (Å²) in [6.45, 7) is 2.14. The van der Waals surface area contributed by atoms with Crippen LogP contribution in [0.3, 0.4) is 0 Å². The summed E-state index contributed by atoms with van der Waals surface area (Å²) in [5.74, 6) is 0.660. The van der Waals surface area contributed by atoms with E-state index in [0.717, 1.165) is 24.1 Å². The lowest BCUT2D eigenvalue weighted by atomic mass is 10.1. The van der Waals surface area contributed by atoms with Crippen LogP contribution in [0.5, 0.6) is 0 Å². The van der Waals surface area contributed by atoms with Gasteiger partial charge in [0.25, 0.3) is 0 Å². The van der Waals surface area contributed by atoms with E-state index in [0.29, 0.717) is 18.3 Å². The maximum Gasteiger partial charge on any atom is 0.227 e. The first-order valence-corrected chi connectivity index (χ1v) is 9.11. The molecule has 1 aromatic heterocycles. The van der Waals surface area contributed by atoms with Crippen molar-refractivity contribution in [2.45, 2.75) is 45.1 Å². The minimum Gasteiger partial charge on any atom is -0.353 e. The van der Waals surface area contributed by atoms with Crippen molar-refractivity contribution >= 4 is 17.5 Å². The zero-order valence-electron chi connectivity index (χ0n) is 14.8. The Labute approximate surface area is 151 Å². The molecule has 2 aromatic rings. The van der Waals surface area contributed by atoms with E-state index in [1.54, 1.807) is 11.8 Å². The van der Waals surface area contributed by atoms with Crippen molar-refractivity contribution in [3.63, 3.8) is 0 Å². The third-order valence-electron chi connectivity index (χ3n) is 5.14. The van der Waals surface area contributed by atoms with Gasteiger partial charge in [0.05, 0.1) is 5.92 Å². The average Bonchev–Trinajstić information content (AvgIpc) is 3.36. The fourth-order valence-electron chi connectivity index (χ4n) is 3.75. The second-order valence-corrected chi connectivity index (χ2v) is 7.08. The Balaban J connectivity index is 1.48. The van der Waals surface area contributed by atoms with Gasteiger partial charge in [0.1, 0.15) is 0 Å². The predicted molar refractivity (Wildman–Crippen MR) is 95.3 cm³/mol. The Morgan fingerprint density at radius 1 is 1.31 bits per heavy atom. The van der Waals surface area contributed by atoms with Gasteiger partial charge in [0, 0.05) is 37.2 Å². The molecule has 136 valence electrons. The van der Waals surface area contributed by atoms with E-state index >= 15 is 0 Å². The quantitative estimate of drug-likeness (QED) is 0.911. The number of hydrogen-bond acceptors (Lipinski definition) is 5. The summed E-state index contributed by atoms with van der Waals surface area (Å²) in [4.78, 5) is 30.9. The van der Waals surface area contributed by atoms with Crippen LogP contribution in [0.15, 0.2) is 28.8 Å². The molecule has 0 radical (unpaired) electrons. The molecule has 1 aromatic carbocycles. The summed E-state index contributed by atoms with van der Waals surface area (Å²) in [6.07, 6.45) is 4.68. The molecule has 26 heavy (non-hydrogen) atoms. The smallest absolute Gasteiger partial charge is 0.227 e. The van der Waals surface area contributed by atoms with Gasteiger partial charge >= 0.3 is 0 Å². The van der Waals surface area contributed by atoms with Crippen molar-refractivity contribution in [3.05, 3.63) is 30.2 Å². The van der Waals surface area contributed by atoms with Crippen LogP contribution >= 0.6 is 0 Å². The summed E-state index contributed by atoms with van der Waals surface area (Å²) in [7, 11) is 0. The molecule has 1 saturated carbocycles. The van der Waals surface area contributed by atoms with Gasteiger partial charge in [-0.15, -0.1) is 0 Å².